The minimum atomic E-state index is -2.98. The topological polar surface area (TPSA) is 80.6 Å². The Balaban J connectivity index is 1.46. The molecule has 5 rings (SSSR count). The van der Waals surface area contributed by atoms with E-state index in [4.69, 9.17) is 11.6 Å². The first-order valence-corrected chi connectivity index (χ1v) is 12.7. The van der Waals surface area contributed by atoms with Crippen molar-refractivity contribution in [3.8, 4) is 5.75 Å². The summed E-state index contributed by atoms with van der Waals surface area (Å²) >= 11 is 6.07. The number of rotatable bonds is 8. The van der Waals surface area contributed by atoms with E-state index in [1.54, 1.807) is 42.0 Å². The maximum absolute atomic E-state index is 13.8. The van der Waals surface area contributed by atoms with Gasteiger partial charge in [-0.25, -0.2) is 0 Å². The van der Waals surface area contributed by atoms with E-state index in [0.717, 1.165) is 18.4 Å². The van der Waals surface area contributed by atoms with Gasteiger partial charge in [-0.3, -0.25) is 14.4 Å². The lowest BCUT2D eigenvalue weighted by Crippen LogP contribution is -2.44. The Morgan fingerprint density at radius 3 is 2.39 bits per heavy atom. The van der Waals surface area contributed by atoms with Crippen molar-refractivity contribution in [3.05, 3.63) is 92.9 Å². The van der Waals surface area contributed by atoms with Gasteiger partial charge in [-0.2, -0.15) is 8.78 Å². The van der Waals surface area contributed by atoms with Crippen molar-refractivity contribution >= 4 is 29.1 Å². The van der Waals surface area contributed by atoms with Crippen molar-refractivity contribution in [1.29, 1.82) is 0 Å². The van der Waals surface area contributed by atoms with Crippen LogP contribution in [0.3, 0.4) is 0 Å². The first-order chi connectivity index (χ1) is 18.2. The fourth-order valence-electron chi connectivity index (χ4n) is 4.82. The lowest BCUT2D eigenvalue weighted by molar-refractivity contribution is -0.118. The highest BCUT2D eigenvalue weighted by molar-refractivity contribution is 6.30. The summed E-state index contributed by atoms with van der Waals surface area (Å²) in [7, 11) is 0. The molecule has 1 saturated heterocycles. The summed E-state index contributed by atoms with van der Waals surface area (Å²) in [5.74, 6) is -1.02. The zero-order valence-corrected chi connectivity index (χ0v) is 21.3. The third-order valence-electron chi connectivity index (χ3n) is 7.00. The van der Waals surface area contributed by atoms with Crippen LogP contribution in [0.5, 0.6) is 5.75 Å². The number of amides is 2. The lowest BCUT2D eigenvalue weighted by atomic mass is 9.94. The van der Waals surface area contributed by atoms with E-state index in [1.807, 2.05) is 6.07 Å². The number of aryl methyl sites for hydroxylation is 1. The molecule has 2 aliphatic rings. The van der Waals surface area contributed by atoms with Crippen LogP contribution >= 0.6 is 11.6 Å². The molecule has 198 valence electrons. The number of pyridine rings is 1. The maximum atomic E-state index is 13.8. The third-order valence-corrected chi connectivity index (χ3v) is 7.26. The Kier molecular flexibility index (Phi) is 7.21. The van der Waals surface area contributed by atoms with Gasteiger partial charge in [-0.1, -0.05) is 23.7 Å². The van der Waals surface area contributed by atoms with Gasteiger partial charge >= 0.3 is 6.61 Å². The molecule has 2 fully saturated rings. The summed E-state index contributed by atoms with van der Waals surface area (Å²) in [6.45, 7) is -0.388. The van der Waals surface area contributed by atoms with Gasteiger partial charge in [0.1, 0.15) is 17.5 Å². The molecule has 0 unspecified atom stereocenters. The zero-order chi connectivity index (χ0) is 27.0. The number of carbonyl (C=O) groups excluding carboxylic acids is 2. The lowest BCUT2D eigenvalue weighted by Gasteiger charge is -2.20. The predicted octanol–water partition coefficient (Wildman–Crippen LogP) is 4.75. The average Bonchev–Trinajstić information content (AvgIpc) is 3.65. The molecule has 1 aliphatic carbocycles. The molecule has 1 aromatic heterocycles. The Hall–Kier alpha value is -3.72. The molecule has 2 aromatic carbocycles. The van der Waals surface area contributed by atoms with Gasteiger partial charge < -0.3 is 19.5 Å². The number of carbonyl (C=O) groups is 2. The molecule has 2 atom stereocenters. The van der Waals surface area contributed by atoms with Gasteiger partial charge in [0.15, 0.2) is 0 Å². The van der Waals surface area contributed by atoms with Crippen molar-refractivity contribution in [2.75, 3.05) is 11.4 Å². The molecule has 1 N–H and O–H groups in total. The van der Waals surface area contributed by atoms with Crippen LogP contribution in [0.2, 0.25) is 5.02 Å². The molecular weight excluding hydrogens is 516 g/mol. The average molecular weight is 542 g/mol. The molecule has 3 aromatic rings. The highest BCUT2D eigenvalue weighted by Crippen LogP contribution is 2.34. The maximum Gasteiger partial charge on any atom is 0.387 e. The summed E-state index contributed by atoms with van der Waals surface area (Å²) in [6, 6.07) is 13.1. The largest absolute Gasteiger partial charge is 0.435 e. The molecule has 2 amide bonds. The smallest absolute Gasteiger partial charge is 0.387 e. The summed E-state index contributed by atoms with van der Waals surface area (Å²) in [5.41, 5.74) is 1.70. The van der Waals surface area contributed by atoms with Gasteiger partial charge in [-0.15, -0.1) is 0 Å². The molecular formula is C28H26ClF2N3O4. The number of alkyl halides is 2. The number of halogens is 3. The van der Waals surface area contributed by atoms with Gasteiger partial charge in [0.05, 0.1) is 0 Å². The van der Waals surface area contributed by atoms with E-state index in [9.17, 15) is 23.2 Å². The number of nitrogens with one attached hydrogen (secondary N) is 1. The highest BCUT2D eigenvalue weighted by atomic mass is 35.5. The van der Waals surface area contributed by atoms with E-state index < -0.39 is 30.4 Å². The number of benzene rings is 2. The van der Waals surface area contributed by atoms with Crippen LogP contribution in [-0.4, -0.2) is 35.6 Å². The second-order valence-electron chi connectivity index (χ2n) is 9.71. The molecule has 1 saturated carbocycles. The molecule has 38 heavy (non-hydrogen) atoms. The van der Waals surface area contributed by atoms with Crippen LogP contribution in [0.1, 0.15) is 40.2 Å². The van der Waals surface area contributed by atoms with Gasteiger partial charge in [0, 0.05) is 35.8 Å². The monoisotopic (exact) mass is 541 g/mol. The minimum absolute atomic E-state index is 0.0826. The summed E-state index contributed by atoms with van der Waals surface area (Å²) in [5, 5.41) is 3.33. The number of hydrogen-bond donors (Lipinski definition) is 1. The second kappa shape index (κ2) is 10.6. The molecule has 0 bridgehead atoms. The molecule has 0 radical (unpaired) electrons. The summed E-state index contributed by atoms with van der Waals surface area (Å²) in [6.07, 6.45) is 3.93. The summed E-state index contributed by atoms with van der Waals surface area (Å²) < 4.78 is 30.9. The van der Waals surface area contributed by atoms with Crippen LogP contribution in [0.15, 0.2) is 65.6 Å². The van der Waals surface area contributed by atoms with Gasteiger partial charge in [0.25, 0.3) is 11.5 Å². The summed E-state index contributed by atoms with van der Waals surface area (Å²) in [4.78, 5) is 41.8. The molecule has 1 aliphatic heterocycles. The fourth-order valence-corrected chi connectivity index (χ4v) is 4.95. The van der Waals surface area contributed by atoms with Gasteiger partial charge in [0.2, 0.25) is 5.91 Å². The molecule has 2 heterocycles. The Morgan fingerprint density at radius 1 is 1.08 bits per heavy atom. The molecule has 10 heteroatoms. The molecule has 0 spiro atoms. The third kappa shape index (κ3) is 5.43. The van der Waals surface area contributed by atoms with Crippen molar-refractivity contribution in [1.82, 2.24) is 9.88 Å². The number of nitrogens with zero attached hydrogens (tertiary/aromatic N) is 2. The van der Waals surface area contributed by atoms with Gasteiger partial charge in [-0.05, 0) is 79.3 Å². The Bertz CT molecular complexity index is 1410. The van der Waals surface area contributed by atoms with E-state index in [2.05, 4.69) is 10.1 Å². The SMILES string of the molecule is Cc1ccn(CC2CC2)c(=O)c1N1C[C@@H](c2ccc(Cl)cc2)[C@H](NC(=O)c2ccc(OC(F)F)cc2)C1=O. The normalized spacial score (nSPS) is 19.2. The number of aromatic nitrogens is 1. The van der Waals surface area contributed by atoms with Crippen molar-refractivity contribution < 1.29 is 23.1 Å². The van der Waals surface area contributed by atoms with Crippen LogP contribution < -0.4 is 20.5 Å². The van der Waals surface area contributed by atoms with Crippen molar-refractivity contribution in [3.63, 3.8) is 0 Å². The second-order valence-corrected chi connectivity index (χ2v) is 10.1. The van der Waals surface area contributed by atoms with E-state index >= 15 is 0 Å². The van der Waals surface area contributed by atoms with Crippen LogP contribution in [0.25, 0.3) is 0 Å². The zero-order valence-electron chi connectivity index (χ0n) is 20.6. The van der Waals surface area contributed by atoms with Crippen LogP contribution in [-0.2, 0) is 11.3 Å². The first-order valence-electron chi connectivity index (χ1n) is 12.3. The van der Waals surface area contributed by atoms with E-state index in [-0.39, 0.29) is 23.4 Å². The Morgan fingerprint density at radius 2 is 1.76 bits per heavy atom. The minimum Gasteiger partial charge on any atom is -0.435 e. The van der Waals surface area contributed by atoms with Crippen molar-refractivity contribution in [2.24, 2.45) is 5.92 Å². The fraction of sp³-hybridized carbons (Fsp3) is 0.321. The molecule has 7 nitrogen and oxygen atoms in total. The van der Waals surface area contributed by atoms with E-state index in [0.29, 0.717) is 28.7 Å². The predicted molar refractivity (Wildman–Crippen MR) is 139 cm³/mol. The number of anilines is 1. The highest BCUT2D eigenvalue weighted by Gasteiger charge is 2.44. The van der Waals surface area contributed by atoms with Crippen molar-refractivity contribution in [2.45, 2.75) is 44.9 Å². The van der Waals surface area contributed by atoms with Crippen LogP contribution in [0, 0.1) is 12.8 Å². The Labute approximate surface area is 223 Å². The van der Waals surface area contributed by atoms with Crippen LogP contribution in [0.4, 0.5) is 14.5 Å². The standard InChI is InChI=1S/C28H26ClF2N3O4/c1-16-12-13-33(14-17-2-3-17)27(37)24(16)34-15-22(18-4-8-20(29)9-5-18)23(26(34)36)32-25(35)19-6-10-21(11-7-19)38-28(30)31/h4-13,17,22-23,28H,2-3,14-15H2,1H3,(H,32,35)/t22-,23-/m0/s1. The number of hydrogen-bond acceptors (Lipinski definition) is 4. The first kappa shape index (κ1) is 25.9. The van der Waals surface area contributed by atoms with E-state index in [1.165, 1.54) is 29.2 Å². The number of ether oxygens (including phenoxy) is 1. The quantitative estimate of drug-likeness (QED) is 0.446.